The average Bonchev–Trinajstić information content (AvgIpc) is 2.52. The van der Waals surface area contributed by atoms with E-state index in [4.69, 9.17) is 10.2 Å². The Morgan fingerprint density at radius 2 is 1.68 bits per heavy atom. The first kappa shape index (κ1) is 18.2. The van der Waals surface area contributed by atoms with Crippen LogP contribution in [0, 0.1) is 0 Å². The molecule has 0 aromatic heterocycles. The lowest BCUT2D eigenvalue weighted by atomic mass is 10.0. The van der Waals surface area contributed by atoms with Crippen LogP contribution in [0.5, 0.6) is 0 Å². The normalized spacial score (nSPS) is 17.1. The van der Waals surface area contributed by atoms with E-state index in [0.717, 1.165) is 0 Å². The van der Waals surface area contributed by atoms with Crippen LogP contribution in [-0.2, 0) is 0 Å². The number of rotatable bonds is 8. The zero-order valence-corrected chi connectivity index (χ0v) is 11.6. The third-order valence-corrected chi connectivity index (χ3v) is 3.04. The Kier molecular flexibility index (Phi) is 7.09. The number of hydrogen-bond acceptors (Lipinski definition) is 7. The van der Waals surface area contributed by atoms with E-state index < -0.39 is 37.0 Å². The summed E-state index contributed by atoms with van der Waals surface area (Å²) < 4.78 is 0. The van der Waals surface area contributed by atoms with Crippen LogP contribution in [0.15, 0.2) is 29.3 Å². The second-order valence-electron chi connectivity index (χ2n) is 4.67. The van der Waals surface area contributed by atoms with Crippen LogP contribution in [0.25, 0.3) is 0 Å². The minimum absolute atomic E-state index is 0.00970. The maximum absolute atomic E-state index is 11.0. The van der Waals surface area contributed by atoms with Gasteiger partial charge in [0.15, 0.2) is 0 Å². The van der Waals surface area contributed by atoms with Crippen molar-refractivity contribution < 1.29 is 35.4 Å². The van der Waals surface area contributed by atoms with Gasteiger partial charge < -0.3 is 30.6 Å². The monoisotopic (exact) mass is 313 g/mol. The SMILES string of the molecule is O=C(O)c1ccccc1N=CC[C@H](O)[C@@H](O)[C@@H](O)[C@H](O)CO. The third kappa shape index (κ3) is 4.86. The fourth-order valence-corrected chi connectivity index (χ4v) is 1.73. The number of aliphatic hydroxyl groups excluding tert-OH is 5. The molecule has 0 aliphatic rings. The van der Waals surface area contributed by atoms with Gasteiger partial charge in [-0.05, 0) is 12.1 Å². The van der Waals surface area contributed by atoms with Crippen LogP contribution >= 0.6 is 0 Å². The largest absolute Gasteiger partial charge is 0.478 e. The van der Waals surface area contributed by atoms with E-state index in [1.54, 1.807) is 12.1 Å². The number of carboxylic acids is 1. The molecule has 6 N–H and O–H groups in total. The summed E-state index contributed by atoms with van der Waals surface area (Å²) in [6.45, 7) is -0.759. The Bertz CT molecular complexity index is 520. The van der Waals surface area contributed by atoms with Gasteiger partial charge in [-0.15, -0.1) is 0 Å². The number of aliphatic imine (C=N–C) groups is 1. The molecular formula is C14H19NO7. The highest BCUT2D eigenvalue weighted by Gasteiger charge is 2.29. The van der Waals surface area contributed by atoms with E-state index in [-0.39, 0.29) is 17.7 Å². The van der Waals surface area contributed by atoms with E-state index in [0.29, 0.717) is 0 Å². The quantitative estimate of drug-likeness (QED) is 0.334. The highest BCUT2D eigenvalue weighted by Crippen LogP contribution is 2.18. The van der Waals surface area contributed by atoms with E-state index in [1.165, 1.54) is 18.3 Å². The van der Waals surface area contributed by atoms with Crippen LogP contribution in [0.3, 0.4) is 0 Å². The number of para-hydroxylation sites is 1. The summed E-state index contributed by atoms with van der Waals surface area (Å²) in [7, 11) is 0. The van der Waals surface area contributed by atoms with Gasteiger partial charge in [-0.25, -0.2) is 4.79 Å². The smallest absolute Gasteiger partial charge is 0.337 e. The first-order valence-electron chi connectivity index (χ1n) is 6.56. The lowest BCUT2D eigenvalue weighted by Gasteiger charge is -2.24. The number of aromatic carboxylic acids is 1. The Hall–Kier alpha value is -1.84. The van der Waals surface area contributed by atoms with Gasteiger partial charge in [-0.3, -0.25) is 4.99 Å². The van der Waals surface area contributed by atoms with Gasteiger partial charge in [-0.2, -0.15) is 0 Å². The van der Waals surface area contributed by atoms with Crippen molar-refractivity contribution in [3.05, 3.63) is 29.8 Å². The molecule has 0 radical (unpaired) electrons. The molecule has 0 fully saturated rings. The molecule has 22 heavy (non-hydrogen) atoms. The number of carboxylic acid groups (broad SMARTS) is 1. The first-order valence-corrected chi connectivity index (χ1v) is 6.56. The van der Waals surface area contributed by atoms with Crippen molar-refractivity contribution in [2.75, 3.05) is 6.61 Å². The molecule has 0 aliphatic carbocycles. The molecule has 0 spiro atoms. The molecule has 122 valence electrons. The number of carbonyl (C=O) groups is 1. The minimum Gasteiger partial charge on any atom is -0.478 e. The molecule has 8 nitrogen and oxygen atoms in total. The van der Waals surface area contributed by atoms with E-state index in [9.17, 15) is 25.2 Å². The van der Waals surface area contributed by atoms with Crippen LogP contribution in [-0.4, -0.2) is 73.8 Å². The van der Waals surface area contributed by atoms with Crippen molar-refractivity contribution in [1.82, 2.24) is 0 Å². The fraction of sp³-hybridized carbons (Fsp3) is 0.429. The van der Waals surface area contributed by atoms with E-state index in [1.807, 2.05) is 0 Å². The maximum atomic E-state index is 11.0. The number of benzene rings is 1. The molecule has 4 atom stereocenters. The minimum atomic E-state index is -1.71. The van der Waals surface area contributed by atoms with Gasteiger partial charge in [-0.1, -0.05) is 12.1 Å². The molecule has 0 amide bonds. The Morgan fingerprint density at radius 1 is 1.09 bits per heavy atom. The van der Waals surface area contributed by atoms with Gasteiger partial charge in [0.2, 0.25) is 0 Å². The van der Waals surface area contributed by atoms with Crippen molar-refractivity contribution in [3.8, 4) is 0 Å². The standard InChI is InChI=1S/C14H19NO7/c16-7-11(18)13(20)12(19)10(17)5-6-15-9-4-2-1-3-8(9)14(21)22/h1-4,6,10-13,16-20H,5,7H2,(H,21,22)/t10-,11+,12+,13-/m0/s1. The molecule has 1 aromatic carbocycles. The second kappa shape index (κ2) is 8.57. The van der Waals surface area contributed by atoms with Crippen LogP contribution < -0.4 is 0 Å². The molecule has 0 saturated carbocycles. The van der Waals surface area contributed by atoms with Gasteiger partial charge in [0.1, 0.15) is 18.3 Å². The van der Waals surface area contributed by atoms with E-state index in [2.05, 4.69) is 4.99 Å². The summed E-state index contributed by atoms with van der Waals surface area (Å²) in [5.74, 6) is -1.14. The lowest BCUT2D eigenvalue weighted by molar-refractivity contribution is -0.112. The average molecular weight is 313 g/mol. The zero-order valence-electron chi connectivity index (χ0n) is 11.6. The molecule has 1 aromatic rings. The number of nitrogens with zero attached hydrogens (tertiary/aromatic N) is 1. The Labute approximate surface area is 126 Å². The molecule has 0 unspecified atom stereocenters. The summed E-state index contributed by atoms with van der Waals surface area (Å²) in [5.41, 5.74) is 0.178. The van der Waals surface area contributed by atoms with Gasteiger partial charge in [0, 0.05) is 12.6 Å². The highest BCUT2D eigenvalue weighted by molar-refractivity contribution is 5.94. The van der Waals surface area contributed by atoms with Crippen LogP contribution in [0.1, 0.15) is 16.8 Å². The summed E-state index contributed by atoms with van der Waals surface area (Å²) in [6.07, 6.45) is -5.37. The molecule has 0 heterocycles. The third-order valence-electron chi connectivity index (χ3n) is 3.04. The highest BCUT2D eigenvalue weighted by atomic mass is 16.4. The van der Waals surface area contributed by atoms with Crippen molar-refractivity contribution in [1.29, 1.82) is 0 Å². The number of aliphatic hydroxyl groups is 5. The molecular weight excluding hydrogens is 294 g/mol. The van der Waals surface area contributed by atoms with Crippen LogP contribution in [0.4, 0.5) is 5.69 Å². The molecule has 0 saturated heterocycles. The predicted octanol–water partition coefficient (Wildman–Crippen LogP) is -1.09. The first-order chi connectivity index (χ1) is 10.4. The van der Waals surface area contributed by atoms with Gasteiger partial charge in [0.05, 0.1) is 24.0 Å². The van der Waals surface area contributed by atoms with E-state index >= 15 is 0 Å². The van der Waals surface area contributed by atoms with Gasteiger partial charge in [0.25, 0.3) is 0 Å². The Morgan fingerprint density at radius 3 is 2.27 bits per heavy atom. The Balaban J connectivity index is 2.67. The lowest BCUT2D eigenvalue weighted by Crippen LogP contribution is -2.45. The zero-order chi connectivity index (χ0) is 16.7. The second-order valence-corrected chi connectivity index (χ2v) is 4.67. The van der Waals surface area contributed by atoms with Crippen molar-refractivity contribution >= 4 is 17.9 Å². The topological polar surface area (TPSA) is 151 Å². The van der Waals surface area contributed by atoms with Crippen molar-refractivity contribution in [3.63, 3.8) is 0 Å². The van der Waals surface area contributed by atoms with Crippen molar-refractivity contribution in [2.24, 2.45) is 4.99 Å². The molecule has 1 rings (SSSR count). The molecule has 0 bridgehead atoms. The molecule has 0 aliphatic heterocycles. The summed E-state index contributed by atoms with van der Waals surface area (Å²) in [4.78, 5) is 14.9. The number of hydrogen-bond donors (Lipinski definition) is 6. The summed E-state index contributed by atoms with van der Waals surface area (Å²) in [5, 5.41) is 55.5. The van der Waals surface area contributed by atoms with Crippen molar-refractivity contribution in [2.45, 2.75) is 30.8 Å². The summed E-state index contributed by atoms with van der Waals surface area (Å²) >= 11 is 0. The summed E-state index contributed by atoms with van der Waals surface area (Å²) in [6, 6.07) is 6.01. The van der Waals surface area contributed by atoms with Crippen LogP contribution in [0.2, 0.25) is 0 Å². The predicted molar refractivity (Wildman–Crippen MR) is 77.3 cm³/mol. The maximum Gasteiger partial charge on any atom is 0.337 e. The fourth-order valence-electron chi connectivity index (χ4n) is 1.73. The molecule has 8 heteroatoms. The van der Waals surface area contributed by atoms with Gasteiger partial charge >= 0.3 is 5.97 Å².